The summed E-state index contributed by atoms with van der Waals surface area (Å²) < 4.78 is 0. The Morgan fingerprint density at radius 3 is 2.60 bits per heavy atom. The van der Waals surface area contributed by atoms with Gasteiger partial charge in [-0.1, -0.05) is 0 Å². The number of nitrogens with zero attached hydrogens (tertiary/aromatic N) is 1. The zero-order chi connectivity index (χ0) is 10.8. The number of carbonyl (C=O) groups is 1. The van der Waals surface area contributed by atoms with Crippen LogP contribution in [0.4, 0.5) is 0 Å². The lowest BCUT2D eigenvalue weighted by Crippen LogP contribution is -2.27. The van der Waals surface area contributed by atoms with Crippen molar-refractivity contribution in [2.45, 2.75) is 38.5 Å². The van der Waals surface area contributed by atoms with Crippen molar-refractivity contribution in [1.82, 2.24) is 4.98 Å². The fraction of sp³-hybridized carbons (Fsp3) is 0.636. The van der Waals surface area contributed by atoms with E-state index >= 15 is 0 Å². The molecule has 1 heterocycles. The number of aryl methyl sites for hydroxylation is 1. The number of hydrogen-bond acceptors (Lipinski definition) is 3. The van der Waals surface area contributed by atoms with E-state index in [1.807, 2.05) is 6.92 Å². The molecule has 1 amide bonds. The Labute approximate surface area is 93.7 Å². The first-order valence-corrected chi connectivity index (χ1v) is 6.26. The fourth-order valence-corrected chi connectivity index (χ4v) is 3.15. The van der Waals surface area contributed by atoms with Gasteiger partial charge in [0.1, 0.15) is 0 Å². The minimum atomic E-state index is -0.135. The molecule has 1 aliphatic rings. The average Bonchev–Trinajstić information content (AvgIpc) is 2.65. The maximum atomic E-state index is 11.0. The summed E-state index contributed by atoms with van der Waals surface area (Å²) in [5.41, 5.74) is 6.41. The highest BCUT2D eigenvalue weighted by atomic mass is 32.1. The van der Waals surface area contributed by atoms with E-state index in [9.17, 15) is 4.79 Å². The molecule has 1 aromatic rings. The van der Waals surface area contributed by atoms with E-state index < -0.39 is 0 Å². The summed E-state index contributed by atoms with van der Waals surface area (Å²) >= 11 is 1.74. The van der Waals surface area contributed by atoms with Crippen LogP contribution in [0.2, 0.25) is 0 Å². The molecule has 0 aliphatic heterocycles. The van der Waals surface area contributed by atoms with Crippen LogP contribution >= 0.6 is 11.3 Å². The number of hydrogen-bond donors (Lipinski definition) is 1. The van der Waals surface area contributed by atoms with E-state index in [0.29, 0.717) is 5.92 Å². The summed E-state index contributed by atoms with van der Waals surface area (Å²) in [6.45, 7) is 2.02. The summed E-state index contributed by atoms with van der Waals surface area (Å²) in [7, 11) is 0. The molecule has 2 rings (SSSR count). The van der Waals surface area contributed by atoms with E-state index in [0.717, 1.165) is 31.4 Å². The van der Waals surface area contributed by atoms with Crippen molar-refractivity contribution in [3.8, 4) is 0 Å². The molecular weight excluding hydrogens is 208 g/mol. The van der Waals surface area contributed by atoms with Crippen LogP contribution in [0.5, 0.6) is 0 Å². The Morgan fingerprint density at radius 2 is 2.13 bits per heavy atom. The summed E-state index contributed by atoms with van der Waals surface area (Å²) in [4.78, 5) is 15.5. The van der Waals surface area contributed by atoms with Gasteiger partial charge < -0.3 is 5.73 Å². The van der Waals surface area contributed by atoms with Gasteiger partial charge in [-0.2, -0.15) is 0 Å². The maximum Gasteiger partial charge on any atom is 0.220 e. The van der Waals surface area contributed by atoms with E-state index in [1.54, 1.807) is 11.3 Å². The number of aromatic nitrogens is 1. The summed E-state index contributed by atoms with van der Waals surface area (Å²) in [5, 5.41) is 3.32. The second-order valence-corrected chi connectivity index (χ2v) is 5.17. The molecule has 2 N–H and O–H groups in total. The molecule has 0 unspecified atom stereocenters. The molecule has 0 bridgehead atoms. The van der Waals surface area contributed by atoms with Crippen LogP contribution in [0.25, 0.3) is 0 Å². The third-order valence-corrected chi connectivity index (χ3v) is 4.24. The van der Waals surface area contributed by atoms with Gasteiger partial charge in [0, 0.05) is 22.9 Å². The van der Waals surface area contributed by atoms with E-state index in [4.69, 9.17) is 5.73 Å². The van der Waals surface area contributed by atoms with Crippen molar-refractivity contribution < 1.29 is 4.79 Å². The molecule has 0 radical (unpaired) electrons. The van der Waals surface area contributed by atoms with Crippen LogP contribution < -0.4 is 5.73 Å². The molecule has 0 saturated heterocycles. The number of primary amides is 1. The van der Waals surface area contributed by atoms with Crippen molar-refractivity contribution in [1.29, 1.82) is 0 Å². The van der Waals surface area contributed by atoms with Crippen molar-refractivity contribution in [2.75, 3.05) is 0 Å². The van der Waals surface area contributed by atoms with Crippen molar-refractivity contribution in [2.24, 2.45) is 11.7 Å². The standard InChI is InChI=1S/C11H16N2OS/c1-7-6-15-11(13-7)9-4-2-8(3-5-9)10(12)14/h6,8-9H,2-5H2,1H3,(H2,12,14)/t8-,9-. The molecule has 1 saturated carbocycles. The third kappa shape index (κ3) is 2.37. The van der Waals surface area contributed by atoms with Crippen molar-refractivity contribution >= 4 is 17.2 Å². The topological polar surface area (TPSA) is 56.0 Å². The molecule has 0 aromatic carbocycles. The highest BCUT2D eigenvalue weighted by Gasteiger charge is 2.26. The quantitative estimate of drug-likeness (QED) is 0.837. The number of thiazole rings is 1. The van der Waals surface area contributed by atoms with Crippen LogP contribution in [0.15, 0.2) is 5.38 Å². The Morgan fingerprint density at radius 1 is 1.47 bits per heavy atom. The van der Waals surface area contributed by atoms with Crippen molar-refractivity contribution in [3.05, 3.63) is 16.1 Å². The molecule has 0 spiro atoms. The van der Waals surface area contributed by atoms with Gasteiger partial charge in [-0.3, -0.25) is 4.79 Å². The largest absolute Gasteiger partial charge is 0.369 e. The Bertz CT molecular complexity index is 353. The minimum absolute atomic E-state index is 0.0994. The van der Waals surface area contributed by atoms with Gasteiger partial charge in [-0.05, 0) is 32.6 Å². The van der Waals surface area contributed by atoms with E-state index in [1.165, 1.54) is 5.01 Å². The zero-order valence-corrected chi connectivity index (χ0v) is 9.72. The highest BCUT2D eigenvalue weighted by molar-refractivity contribution is 7.09. The molecular formula is C11H16N2OS. The van der Waals surface area contributed by atoms with Gasteiger partial charge in [0.2, 0.25) is 5.91 Å². The molecule has 0 atom stereocenters. The molecule has 82 valence electrons. The van der Waals surface area contributed by atoms with Crippen LogP contribution in [0.1, 0.15) is 42.3 Å². The summed E-state index contributed by atoms with van der Waals surface area (Å²) in [5.74, 6) is 0.519. The van der Waals surface area contributed by atoms with Gasteiger partial charge in [0.05, 0.1) is 5.01 Å². The fourth-order valence-electron chi connectivity index (χ4n) is 2.18. The second-order valence-electron chi connectivity index (χ2n) is 4.28. The predicted molar refractivity (Wildman–Crippen MR) is 60.7 cm³/mol. The predicted octanol–water partition coefficient (Wildman–Crippen LogP) is 2.21. The minimum Gasteiger partial charge on any atom is -0.369 e. The van der Waals surface area contributed by atoms with E-state index in [2.05, 4.69) is 10.4 Å². The average molecular weight is 224 g/mol. The lowest BCUT2D eigenvalue weighted by molar-refractivity contribution is -0.122. The van der Waals surface area contributed by atoms with E-state index in [-0.39, 0.29) is 11.8 Å². The van der Waals surface area contributed by atoms with Gasteiger partial charge in [-0.15, -0.1) is 11.3 Å². The lowest BCUT2D eigenvalue weighted by Gasteiger charge is -2.24. The van der Waals surface area contributed by atoms with Crippen LogP contribution in [-0.4, -0.2) is 10.9 Å². The van der Waals surface area contributed by atoms with Crippen molar-refractivity contribution in [3.63, 3.8) is 0 Å². The Hall–Kier alpha value is -0.900. The monoisotopic (exact) mass is 224 g/mol. The SMILES string of the molecule is Cc1csc([C@H]2CC[C@H](C(N)=O)CC2)n1. The lowest BCUT2D eigenvalue weighted by atomic mass is 9.82. The Kier molecular flexibility index (Phi) is 3.05. The molecule has 3 nitrogen and oxygen atoms in total. The third-order valence-electron chi connectivity index (χ3n) is 3.12. The maximum absolute atomic E-state index is 11.0. The molecule has 1 aromatic heterocycles. The number of amides is 1. The molecule has 1 aliphatic carbocycles. The first-order chi connectivity index (χ1) is 7.16. The van der Waals surface area contributed by atoms with Gasteiger partial charge >= 0.3 is 0 Å². The molecule has 1 fully saturated rings. The number of nitrogens with two attached hydrogens (primary N) is 1. The summed E-state index contributed by atoms with van der Waals surface area (Å²) in [6, 6.07) is 0. The Balaban J connectivity index is 1.96. The van der Waals surface area contributed by atoms with Crippen LogP contribution in [0.3, 0.4) is 0 Å². The van der Waals surface area contributed by atoms with Gasteiger partial charge in [0.15, 0.2) is 0 Å². The van der Waals surface area contributed by atoms with Gasteiger partial charge in [0.25, 0.3) is 0 Å². The second kappa shape index (κ2) is 4.31. The number of carbonyl (C=O) groups excluding carboxylic acids is 1. The van der Waals surface area contributed by atoms with Crippen LogP contribution in [-0.2, 0) is 4.79 Å². The smallest absolute Gasteiger partial charge is 0.220 e. The van der Waals surface area contributed by atoms with Gasteiger partial charge in [-0.25, -0.2) is 4.98 Å². The normalized spacial score (nSPS) is 26.5. The summed E-state index contributed by atoms with van der Waals surface area (Å²) in [6.07, 6.45) is 3.97. The highest BCUT2D eigenvalue weighted by Crippen LogP contribution is 2.36. The first-order valence-electron chi connectivity index (χ1n) is 5.38. The number of rotatable bonds is 2. The van der Waals surface area contributed by atoms with Crippen LogP contribution in [0, 0.1) is 12.8 Å². The first kappa shape index (κ1) is 10.6. The zero-order valence-electron chi connectivity index (χ0n) is 8.90. The molecule has 4 heteroatoms. The molecule has 15 heavy (non-hydrogen) atoms.